The van der Waals surface area contributed by atoms with Crippen LogP contribution in [-0.4, -0.2) is 36.3 Å². The smallest absolute Gasteiger partial charge is 0.258 e. The van der Waals surface area contributed by atoms with Gasteiger partial charge in [-0.1, -0.05) is 0 Å². The molecule has 1 saturated heterocycles. The van der Waals surface area contributed by atoms with Crippen LogP contribution in [0.3, 0.4) is 0 Å². The maximum Gasteiger partial charge on any atom is 0.258 e. The van der Waals surface area contributed by atoms with Crippen LogP contribution in [0, 0.1) is 12.7 Å². The van der Waals surface area contributed by atoms with Crippen molar-refractivity contribution < 1.29 is 9.13 Å². The van der Waals surface area contributed by atoms with Crippen LogP contribution in [0.1, 0.15) is 5.82 Å². The first-order valence-electron chi connectivity index (χ1n) is 6.18. The van der Waals surface area contributed by atoms with E-state index in [2.05, 4.69) is 9.97 Å². The Kier molecular flexibility index (Phi) is 2.94. The summed E-state index contributed by atoms with van der Waals surface area (Å²) in [5.41, 5.74) is 0.583. The first-order chi connectivity index (χ1) is 9.15. The molecule has 1 fully saturated rings. The quantitative estimate of drug-likeness (QED) is 0.840. The van der Waals surface area contributed by atoms with Crippen molar-refractivity contribution in [1.29, 1.82) is 0 Å². The van der Waals surface area contributed by atoms with Gasteiger partial charge in [-0.25, -0.2) is 9.37 Å². The predicted molar refractivity (Wildman–Crippen MR) is 70.1 cm³/mol. The molecular weight excluding hydrogens is 249 g/mol. The van der Waals surface area contributed by atoms with Crippen molar-refractivity contribution in [1.82, 2.24) is 9.97 Å². The minimum absolute atomic E-state index is 0.239. The summed E-state index contributed by atoms with van der Waals surface area (Å²) >= 11 is 0. The Labute approximate surface area is 109 Å². The summed E-state index contributed by atoms with van der Waals surface area (Å²) in [6, 6.07) is 2.89. The second-order valence-electron chi connectivity index (χ2n) is 4.57. The molecule has 0 bridgehead atoms. The fourth-order valence-corrected chi connectivity index (χ4v) is 2.31. The predicted octanol–water partition coefficient (Wildman–Crippen LogP) is 1.21. The molecule has 0 radical (unpaired) electrons. The van der Waals surface area contributed by atoms with Crippen molar-refractivity contribution >= 4 is 16.6 Å². The van der Waals surface area contributed by atoms with E-state index in [0.29, 0.717) is 48.7 Å². The van der Waals surface area contributed by atoms with Crippen molar-refractivity contribution in [2.24, 2.45) is 0 Å². The normalized spacial score (nSPS) is 16.0. The molecular formula is C13H14FN3O2. The minimum Gasteiger partial charge on any atom is -0.378 e. The third-order valence-electron chi connectivity index (χ3n) is 3.24. The van der Waals surface area contributed by atoms with Crippen molar-refractivity contribution in [3.63, 3.8) is 0 Å². The Bertz CT molecular complexity index is 677. The van der Waals surface area contributed by atoms with Crippen molar-refractivity contribution in [3.05, 3.63) is 34.1 Å². The molecule has 0 unspecified atom stereocenters. The molecule has 0 spiro atoms. The van der Waals surface area contributed by atoms with Crippen LogP contribution in [0.5, 0.6) is 0 Å². The summed E-state index contributed by atoms with van der Waals surface area (Å²) in [6.45, 7) is 4.06. The zero-order chi connectivity index (χ0) is 13.4. The van der Waals surface area contributed by atoms with Crippen molar-refractivity contribution in [2.45, 2.75) is 6.92 Å². The number of anilines is 1. The largest absolute Gasteiger partial charge is 0.378 e. The van der Waals surface area contributed by atoms with Gasteiger partial charge in [0.25, 0.3) is 5.56 Å². The summed E-state index contributed by atoms with van der Waals surface area (Å²) in [4.78, 5) is 20.5. The number of fused-ring (bicyclic) bond motifs is 1. The van der Waals surface area contributed by atoms with Gasteiger partial charge in [0.15, 0.2) is 0 Å². The van der Waals surface area contributed by atoms with Gasteiger partial charge in [-0.05, 0) is 13.0 Å². The molecule has 1 aliphatic rings. The zero-order valence-electron chi connectivity index (χ0n) is 10.6. The molecule has 2 aromatic rings. The third-order valence-corrected chi connectivity index (χ3v) is 3.24. The topological polar surface area (TPSA) is 58.2 Å². The van der Waals surface area contributed by atoms with Crippen LogP contribution in [-0.2, 0) is 4.74 Å². The average molecular weight is 263 g/mol. The summed E-state index contributed by atoms with van der Waals surface area (Å²) in [6.07, 6.45) is 0. The van der Waals surface area contributed by atoms with Crippen LogP contribution in [0.4, 0.5) is 10.1 Å². The molecule has 3 rings (SSSR count). The maximum atomic E-state index is 14.1. The fraction of sp³-hybridized carbons (Fsp3) is 0.385. The highest BCUT2D eigenvalue weighted by Gasteiger charge is 2.17. The minimum atomic E-state index is -0.355. The monoisotopic (exact) mass is 263 g/mol. The van der Waals surface area contributed by atoms with Gasteiger partial charge in [-0.2, -0.15) is 0 Å². The highest BCUT2D eigenvalue weighted by molar-refractivity contribution is 5.82. The van der Waals surface area contributed by atoms with Crippen LogP contribution in [0.15, 0.2) is 16.9 Å². The number of hydrogen-bond donors (Lipinski definition) is 1. The second kappa shape index (κ2) is 4.62. The number of nitrogens with zero attached hydrogens (tertiary/aromatic N) is 2. The van der Waals surface area contributed by atoms with E-state index in [1.54, 1.807) is 13.0 Å². The van der Waals surface area contributed by atoms with Crippen LogP contribution >= 0.6 is 0 Å². The molecule has 1 aromatic carbocycles. The standard InChI is InChI=1S/C13H14FN3O2/c1-8-15-11-7-10(14)12(6-9(11)13(18)16-8)17-2-4-19-5-3-17/h6-7H,2-5H2,1H3,(H,15,16,18). The summed E-state index contributed by atoms with van der Waals surface area (Å²) in [5.74, 6) is 0.128. The van der Waals surface area contributed by atoms with Crippen LogP contribution < -0.4 is 10.5 Å². The highest BCUT2D eigenvalue weighted by Crippen LogP contribution is 2.24. The van der Waals surface area contributed by atoms with Gasteiger partial charge in [0.05, 0.1) is 29.8 Å². The summed E-state index contributed by atoms with van der Waals surface area (Å²) < 4.78 is 19.4. The zero-order valence-corrected chi connectivity index (χ0v) is 10.6. The molecule has 1 N–H and O–H groups in total. The van der Waals surface area contributed by atoms with Gasteiger partial charge in [0.1, 0.15) is 11.6 Å². The lowest BCUT2D eigenvalue weighted by Crippen LogP contribution is -2.36. The number of aromatic amines is 1. The molecule has 19 heavy (non-hydrogen) atoms. The molecule has 6 heteroatoms. The first kappa shape index (κ1) is 12.1. The molecule has 2 heterocycles. The molecule has 100 valence electrons. The summed E-state index contributed by atoms with van der Waals surface area (Å²) in [7, 11) is 0. The number of morpholine rings is 1. The van der Waals surface area contributed by atoms with Gasteiger partial charge < -0.3 is 14.6 Å². The number of benzene rings is 1. The molecule has 1 aromatic heterocycles. The van der Waals surface area contributed by atoms with Gasteiger partial charge >= 0.3 is 0 Å². The van der Waals surface area contributed by atoms with E-state index in [9.17, 15) is 9.18 Å². The lowest BCUT2D eigenvalue weighted by Gasteiger charge is -2.29. The van der Waals surface area contributed by atoms with E-state index < -0.39 is 0 Å². The average Bonchev–Trinajstić information content (AvgIpc) is 2.38. The van der Waals surface area contributed by atoms with E-state index in [-0.39, 0.29) is 11.4 Å². The van der Waals surface area contributed by atoms with Gasteiger partial charge in [0, 0.05) is 19.2 Å². The van der Waals surface area contributed by atoms with Gasteiger partial charge in [-0.15, -0.1) is 0 Å². The van der Waals surface area contributed by atoms with Crippen molar-refractivity contribution in [2.75, 3.05) is 31.2 Å². The Morgan fingerprint density at radius 3 is 2.84 bits per heavy atom. The second-order valence-corrected chi connectivity index (χ2v) is 4.57. The number of halogens is 1. The van der Waals surface area contributed by atoms with E-state index in [4.69, 9.17) is 4.74 Å². The lowest BCUT2D eigenvalue weighted by molar-refractivity contribution is 0.122. The Morgan fingerprint density at radius 2 is 2.11 bits per heavy atom. The fourth-order valence-electron chi connectivity index (χ4n) is 2.31. The molecule has 0 atom stereocenters. The van der Waals surface area contributed by atoms with Crippen LogP contribution in [0.2, 0.25) is 0 Å². The van der Waals surface area contributed by atoms with Crippen molar-refractivity contribution in [3.8, 4) is 0 Å². The molecule has 1 aliphatic heterocycles. The highest BCUT2D eigenvalue weighted by atomic mass is 19.1. The van der Waals surface area contributed by atoms with E-state index in [1.165, 1.54) is 6.07 Å². The molecule has 0 amide bonds. The maximum absolute atomic E-state index is 14.1. The van der Waals surface area contributed by atoms with E-state index in [1.807, 2.05) is 4.90 Å². The number of rotatable bonds is 1. The SMILES string of the molecule is Cc1nc2cc(F)c(N3CCOCC3)cc2c(=O)[nH]1. The number of ether oxygens (including phenoxy) is 1. The van der Waals surface area contributed by atoms with E-state index in [0.717, 1.165) is 0 Å². The number of H-pyrrole nitrogens is 1. The van der Waals surface area contributed by atoms with Gasteiger partial charge in [-0.3, -0.25) is 4.79 Å². The molecule has 0 aliphatic carbocycles. The lowest BCUT2D eigenvalue weighted by atomic mass is 10.2. The molecule has 5 nitrogen and oxygen atoms in total. The molecule has 0 saturated carbocycles. The van der Waals surface area contributed by atoms with Crippen LogP contribution in [0.25, 0.3) is 10.9 Å². The number of aromatic nitrogens is 2. The first-order valence-corrected chi connectivity index (χ1v) is 6.18. The third kappa shape index (κ3) is 2.19. The number of nitrogens with one attached hydrogen (secondary N) is 1. The number of aryl methyl sites for hydroxylation is 1. The Balaban J connectivity index is 2.15. The Morgan fingerprint density at radius 1 is 1.37 bits per heavy atom. The Hall–Kier alpha value is -1.95. The van der Waals surface area contributed by atoms with Gasteiger partial charge in [0.2, 0.25) is 0 Å². The van der Waals surface area contributed by atoms with E-state index >= 15 is 0 Å². The summed E-state index contributed by atoms with van der Waals surface area (Å²) in [5, 5.41) is 0.411. The number of hydrogen-bond acceptors (Lipinski definition) is 4.